The number of likely N-dealkylation sites (tertiary alicyclic amines) is 1. The lowest BCUT2D eigenvalue weighted by atomic mass is 10.0. The normalized spacial score (nSPS) is 19.2. The second-order valence-corrected chi connectivity index (χ2v) is 9.10. The van der Waals surface area contributed by atoms with E-state index in [2.05, 4.69) is 46.0 Å². The summed E-state index contributed by atoms with van der Waals surface area (Å²) in [4.78, 5) is 19.9. The van der Waals surface area contributed by atoms with Crippen LogP contribution < -0.4 is 5.43 Å². The number of nitrogens with zero attached hydrogens (tertiary/aromatic N) is 2. The molecule has 5 rings (SSSR count). The monoisotopic (exact) mass is 420 g/mol. The number of aromatic nitrogens is 1. The predicted octanol–water partition coefficient (Wildman–Crippen LogP) is 4.06. The lowest BCUT2D eigenvalue weighted by Crippen LogP contribution is -2.44. The van der Waals surface area contributed by atoms with Crippen LogP contribution in [0.2, 0.25) is 0 Å². The zero-order valence-electron chi connectivity index (χ0n) is 17.4. The Morgan fingerprint density at radius 3 is 3.00 bits per heavy atom. The highest BCUT2D eigenvalue weighted by atomic mass is 32.2. The molecule has 2 aliphatic rings. The van der Waals surface area contributed by atoms with Crippen molar-refractivity contribution in [2.75, 3.05) is 25.9 Å². The summed E-state index contributed by atoms with van der Waals surface area (Å²) in [6.45, 7) is 3.55. The third-order valence-electron chi connectivity index (χ3n) is 6.45. The Kier molecular flexibility index (Phi) is 5.54. The molecule has 3 heterocycles. The summed E-state index contributed by atoms with van der Waals surface area (Å²) in [5.74, 6) is 0.0898. The predicted molar refractivity (Wildman–Crippen MR) is 123 cm³/mol. The van der Waals surface area contributed by atoms with Gasteiger partial charge in [0, 0.05) is 46.7 Å². The highest BCUT2D eigenvalue weighted by Gasteiger charge is 2.28. The Morgan fingerprint density at radius 2 is 2.13 bits per heavy atom. The number of H-pyrrole nitrogens is 1. The maximum absolute atomic E-state index is 12.5. The van der Waals surface area contributed by atoms with Gasteiger partial charge in [-0.15, -0.1) is 11.8 Å². The number of carbonyl (C=O) groups is 1. The van der Waals surface area contributed by atoms with Gasteiger partial charge in [-0.3, -0.25) is 14.7 Å². The molecule has 0 radical (unpaired) electrons. The lowest BCUT2D eigenvalue weighted by molar-refractivity contribution is 0.0673. The number of nitrogens with one attached hydrogen (secondary N) is 2. The maximum atomic E-state index is 12.5. The summed E-state index contributed by atoms with van der Waals surface area (Å²) in [6, 6.07) is 15.1. The molecule has 2 aliphatic heterocycles. The van der Waals surface area contributed by atoms with Gasteiger partial charge in [0.1, 0.15) is 0 Å². The molecule has 0 spiro atoms. The molecule has 0 aliphatic carbocycles. The summed E-state index contributed by atoms with van der Waals surface area (Å²) in [5, 5.41) is 3.12. The van der Waals surface area contributed by atoms with Gasteiger partial charge in [0.2, 0.25) is 0 Å². The van der Waals surface area contributed by atoms with Gasteiger partial charge >= 0.3 is 0 Å². The molecule has 0 saturated carbocycles. The van der Waals surface area contributed by atoms with E-state index in [1.54, 1.807) is 16.8 Å². The van der Waals surface area contributed by atoms with Gasteiger partial charge in [-0.2, -0.15) is 0 Å². The third-order valence-corrected chi connectivity index (χ3v) is 7.18. The third kappa shape index (κ3) is 3.75. The Hall–Kier alpha value is -2.28. The number of hydrazine groups is 1. The molecule has 1 aromatic heterocycles. The molecule has 0 unspecified atom stereocenters. The fourth-order valence-corrected chi connectivity index (χ4v) is 5.28. The smallest absolute Gasteiger partial charge is 0.268 e. The SMILES string of the molecule is CSc1ccc2[nH]cc(C[C@H]3CCCN3CCNN3Cc4ccccc4C3=O)c2c1. The lowest BCUT2D eigenvalue weighted by Gasteiger charge is -2.26. The van der Waals surface area contributed by atoms with Crippen molar-refractivity contribution >= 4 is 28.6 Å². The Balaban J connectivity index is 1.19. The van der Waals surface area contributed by atoms with E-state index in [1.165, 1.54) is 34.2 Å². The van der Waals surface area contributed by atoms with E-state index in [4.69, 9.17) is 0 Å². The van der Waals surface area contributed by atoms with Gasteiger partial charge in [0.05, 0.1) is 6.54 Å². The van der Waals surface area contributed by atoms with E-state index in [0.29, 0.717) is 12.6 Å². The Morgan fingerprint density at radius 1 is 1.23 bits per heavy atom. The summed E-state index contributed by atoms with van der Waals surface area (Å²) in [7, 11) is 0. The Bertz CT molecular complexity index is 1060. The molecule has 1 amide bonds. The first-order chi connectivity index (χ1) is 14.7. The number of amides is 1. The summed E-state index contributed by atoms with van der Waals surface area (Å²) >= 11 is 1.79. The van der Waals surface area contributed by atoms with Gasteiger partial charge in [-0.1, -0.05) is 18.2 Å². The van der Waals surface area contributed by atoms with Crippen LogP contribution in [0.4, 0.5) is 0 Å². The van der Waals surface area contributed by atoms with Crippen LogP contribution in [0, 0.1) is 0 Å². The first kappa shape index (κ1) is 19.7. The molecule has 1 atom stereocenters. The highest BCUT2D eigenvalue weighted by molar-refractivity contribution is 7.98. The van der Waals surface area contributed by atoms with E-state index in [9.17, 15) is 4.79 Å². The van der Waals surface area contributed by atoms with Crippen molar-refractivity contribution in [2.24, 2.45) is 0 Å². The van der Waals surface area contributed by atoms with Crippen molar-refractivity contribution in [3.05, 3.63) is 65.4 Å². The van der Waals surface area contributed by atoms with Crippen LogP contribution in [0.1, 0.15) is 34.3 Å². The second-order valence-electron chi connectivity index (χ2n) is 8.22. The van der Waals surface area contributed by atoms with Gasteiger partial charge in [0.15, 0.2) is 0 Å². The number of hydrogen-bond donors (Lipinski definition) is 2. The Labute approximate surface area is 181 Å². The highest BCUT2D eigenvalue weighted by Crippen LogP contribution is 2.28. The first-order valence-corrected chi connectivity index (χ1v) is 12.0. The quantitative estimate of drug-likeness (QED) is 0.566. The van der Waals surface area contributed by atoms with Crippen LogP contribution in [0.15, 0.2) is 53.6 Å². The summed E-state index contributed by atoms with van der Waals surface area (Å²) < 4.78 is 0. The standard InChI is InChI=1S/C24H28N4OS/c1-30-20-8-9-23-22(14-20)18(15-25-23)13-19-6-4-11-27(19)12-10-26-28-16-17-5-2-3-7-21(17)24(28)29/h2-3,5,7-9,14-15,19,25-26H,4,6,10-13,16H2,1H3/t19-/m1/s1. The van der Waals surface area contributed by atoms with Crippen molar-refractivity contribution in [2.45, 2.75) is 36.7 Å². The van der Waals surface area contributed by atoms with Crippen LogP contribution in [0.25, 0.3) is 10.9 Å². The molecule has 1 saturated heterocycles. The number of hydrogen-bond acceptors (Lipinski definition) is 4. The average molecular weight is 421 g/mol. The molecule has 2 aromatic carbocycles. The van der Waals surface area contributed by atoms with Gasteiger partial charge in [-0.05, 0) is 67.5 Å². The average Bonchev–Trinajstić information content (AvgIpc) is 3.47. The van der Waals surface area contributed by atoms with Gasteiger partial charge < -0.3 is 4.98 Å². The van der Waals surface area contributed by atoms with E-state index < -0.39 is 0 Å². The molecule has 30 heavy (non-hydrogen) atoms. The molecule has 5 nitrogen and oxygen atoms in total. The zero-order valence-corrected chi connectivity index (χ0v) is 18.2. The minimum absolute atomic E-state index is 0.0898. The van der Waals surface area contributed by atoms with Crippen molar-refractivity contribution < 1.29 is 4.79 Å². The van der Waals surface area contributed by atoms with Crippen LogP contribution >= 0.6 is 11.8 Å². The van der Waals surface area contributed by atoms with Crippen LogP contribution in [0.5, 0.6) is 0 Å². The van der Waals surface area contributed by atoms with Gasteiger partial charge in [-0.25, -0.2) is 5.43 Å². The number of fused-ring (bicyclic) bond motifs is 2. The first-order valence-electron chi connectivity index (χ1n) is 10.7. The van der Waals surface area contributed by atoms with Gasteiger partial charge in [0.25, 0.3) is 5.91 Å². The van der Waals surface area contributed by atoms with Crippen LogP contribution in [-0.2, 0) is 13.0 Å². The van der Waals surface area contributed by atoms with Crippen molar-refractivity contribution in [1.29, 1.82) is 0 Å². The van der Waals surface area contributed by atoms with Crippen molar-refractivity contribution in [1.82, 2.24) is 20.3 Å². The number of rotatable bonds is 7. The topological polar surface area (TPSA) is 51.4 Å². The number of aromatic amines is 1. The molecule has 6 heteroatoms. The summed E-state index contributed by atoms with van der Waals surface area (Å²) in [6.07, 6.45) is 7.87. The van der Waals surface area contributed by atoms with E-state index in [-0.39, 0.29) is 5.91 Å². The number of benzene rings is 2. The molecular formula is C24H28N4OS. The molecule has 156 valence electrons. The van der Waals surface area contributed by atoms with E-state index in [1.807, 2.05) is 24.3 Å². The van der Waals surface area contributed by atoms with E-state index >= 15 is 0 Å². The van der Waals surface area contributed by atoms with Crippen LogP contribution in [-0.4, -0.2) is 52.7 Å². The largest absolute Gasteiger partial charge is 0.361 e. The zero-order chi connectivity index (χ0) is 20.5. The number of thioether (sulfide) groups is 1. The minimum atomic E-state index is 0.0898. The van der Waals surface area contributed by atoms with Crippen molar-refractivity contribution in [3.63, 3.8) is 0 Å². The van der Waals surface area contributed by atoms with Crippen molar-refractivity contribution in [3.8, 4) is 0 Å². The second kappa shape index (κ2) is 8.46. The fraction of sp³-hybridized carbons (Fsp3) is 0.375. The maximum Gasteiger partial charge on any atom is 0.268 e. The van der Waals surface area contributed by atoms with Crippen LogP contribution in [0.3, 0.4) is 0 Å². The number of carbonyl (C=O) groups excluding carboxylic acids is 1. The molecule has 0 bridgehead atoms. The molecule has 1 fully saturated rings. The minimum Gasteiger partial charge on any atom is -0.361 e. The molecule has 3 aromatic rings. The fourth-order valence-electron chi connectivity index (χ4n) is 4.84. The summed E-state index contributed by atoms with van der Waals surface area (Å²) in [5.41, 5.74) is 7.93. The molecular weight excluding hydrogens is 392 g/mol. The van der Waals surface area contributed by atoms with E-state index in [0.717, 1.165) is 37.2 Å². The molecule has 2 N–H and O–H groups in total.